The molecule has 1 atom stereocenters. The highest BCUT2D eigenvalue weighted by Crippen LogP contribution is 2.14. The van der Waals surface area contributed by atoms with Gasteiger partial charge in [0.2, 0.25) is 0 Å². The number of aliphatic hydroxyl groups is 1. The second kappa shape index (κ2) is 5.82. The van der Waals surface area contributed by atoms with Crippen molar-refractivity contribution in [2.24, 2.45) is 0 Å². The van der Waals surface area contributed by atoms with E-state index in [9.17, 15) is 14.3 Å². The number of benzene rings is 1. The lowest BCUT2D eigenvalue weighted by atomic mass is 10.2. The Morgan fingerprint density at radius 3 is 2.88 bits per heavy atom. The lowest BCUT2D eigenvalue weighted by molar-refractivity contribution is 0.0910. The van der Waals surface area contributed by atoms with Crippen LogP contribution in [0, 0.1) is 5.82 Å². The molecular weight excluding hydrogens is 233 g/mol. The van der Waals surface area contributed by atoms with Gasteiger partial charge in [0, 0.05) is 11.6 Å². The maximum Gasteiger partial charge on any atom is 0.254 e. The van der Waals surface area contributed by atoms with Crippen molar-refractivity contribution in [2.45, 2.75) is 19.4 Å². The zero-order valence-corrected chi connectivity index (χ0v) is 9.59. The summed E-state index contributed by atoms with van der Waals surface area (Å²) in [6.45, 7) is 1.90. The number of halogens is 2. The van der Waals surface area contributed by atoms with Gasteiger partial charge in [0.15, 0.2) is 0 Å². The summed E-state index contributed by atoms with van der Waals surface area (Å²) in [6, 6.07) is 3.83. The van der Waals surface area contributed by atoms with Crippen molar-refractivity contribution in [1.82, 2.24) is 5.32 Å². The minimum atomic E-state index is -0.670. The molecule has 0 saturated heterocycles. The normalized spacial score (nSPS) is 12.2. The SMILES string of the molecule is CCC(O)CNC(=O)c1ccc(Cl)cc1F. The minimum Gasteiger partial charge on any atom is -0.391 e. The number of carbonyl (C=O) groups is 1. The Balaban J connectivity index is 2.66. The Bertz CT molecular complexity index is 384. The molecule has 0 spiro atoms. The molecular formula is C11H13ClFNO2. The van der Waals surface area contributed by atoms with Gasteiger partial charge in [0.25, 0.3) is 5.91 Å². The highest BCUT2D eigenvalue weighted by molar-refractivity contribution is 6.30. The topological polar surface area (TPSA) is 49.3 Å². The Morgan fingerprint density at radius 1 is 1.62 bits per heavy atom. The molecule has 2 N–H and O–H groups in total. The summed E-state index contributed by atoms with van der Waals surface area (Å²) in [4.78, 5) is 11.5. The summed E-state index contributed by atoms with van der Waals surface area (Å²) in [5.74, 6) is -1.22. The van der Waals surface area contributed by atoms with Crippen molar-refractivity contribution in [2.75, 3.05) is 6.54 Å². The van der Waals surface area contributed by atoms with Crippen molar-refractivity contribution in [3.8, 4) is 0 Å². The van der Waals surface area contributed by atoms with E-state index in [2.05, 4.69) is 5.32 Å². The largest absolute Gasteiger partial charge is 0.391 e. The fraction of sp³-hybridized carbons (Fsp3) is 0.364. The maximum absolute atomic E-state index is 13.3. The minimum absolute atomic E-state index is 0.0762. The van der Waals surface area contributed by atoms with Crippen LogP contribution in [0.2, 0.25) is 5.02 Å². The number of nitrogens with one attached hydrogen (secondary N) is 1. The van der Waals surface area contributed by atoms with Gasteiger partial charge in [-0.3, -0.25) is 4.79 Å². The molecule has 0 aromatic heterocycles. The quantitative estimate of drug-likeness (QED) is 0.852. The average Bonchev–Trinajstić information content (AvgIpc) is 2.25. The molecule has 1 rings (SSSR count). The predicted octanol–water partition coefficient (Wildman–Crippen LogP) is 1.98. The van der Waals surface area contributed by atoms with Crippen LogP contribution in [-0.2, 0) is 0 Å². The van der Waals surface area contributed by atoms with Gasteiger partial charge in [0.1, 0.15) is 5.82 Å². The number of hydrogen-bond donors (Lipinski definition) is 2. The summed E-state index contributed by atoms with van der Waals surface area (Å²) < 4.78 is 13.3. The molecule has 3 nitrogen and oxygen atoms in total. The van der Waals surface area contributed by atoms with Crippen LogP contribution in [0.5, 0.6) is 0 Å². The Morgan fingerprint density at radius 2 is 2.31 bits per heavy atom. The van der Waals surface area contributed by atoms with E-state index in [0.29, 0.717) is 6.42 Å². The molecule has 88 valence electrons. The second-order valence-electron chi connectivity index (χ2n) is 3.40. The second-order valence-corrected chi connectivity index (χ2v) is 3.83. The molecule has 1 amide bonds. The highest BCUT2D eigenvalue weighted by Gasteiger charge is 2.12. The first-order valence-electron chi connectivity index (χ1n) is 4.96. The monoisotopic (exact) mass is 245 g/mol. The summed E-state index contributed by atoms with van der Waals surface area (Å²) in [6.07, 6.45) is -0.0806. The molecule has 0 heterocycles. The summed E-state index contributed by atoms with van der Waals surface area (Å²) in [7, 11) is 0. The van der Waals surface area contributed by atoms with Gasteiger partial charge in [0.05, 0.1) is 11.7 Å². The molecule has 0 aliphatic rings. The van der Waals surface area contributed by atoms with Gasteiger partial charge in [-0.1, -0.05) is 18.5 Å². The third-order valence-corrected chi connectivity index (χ3v) is 2.38. The number of amides is 1. The fourth-order valence-electron chi connectivity index (χ4n) is 1.12. The predicted molar refractivity (Wildman–Crippen MR) is 60.0 cm³/mol. The molecule has 0 saturated carbocycles. The standard InChI is InChI=1S/C11H13ClFNO2/c1-2-8(15)6-14-11(16)9-4-3-7(12)5-10(9)13/h3-5,8,15H,2,6H2,1H3,(H,14,16). The Labute approximate surface area is 98.2 Å². The van der Waals surface area contributed by atoms with Crippen LogP contribution in [0.4, 0.5) is 4.39 Å². The van der Waals surface area contributed by atoms with E-state index in [-0.39, 0.29) is 17.1 Å². The van der Waals surface area contributed by atoms with Crippen LogP contribution in [0.1, 0.15) is 23.7 Å². The fourth-order valence-corrected chi connectivity index (χ4v) is 1.28. The molecule has 1 unspecified atom stereocenters. The lowest BCUT2D eigenvalue weighted by Gasteiger charge is -2.09. The van der Waals surface area contributed by atoms with E-state index < -0.39 is 17.8 Å². The first-order valence-corrected chi connectivity index (χ1v) is 5.33. The Hall–Kier alpha value is -1.13. The Kier molecular flexibility index (Phi) is 4.71. The smallest absolute Gasteiger partial charge is 0.254 e. The zero-order valence-electron chi connectivity index (χ0n) is 8.84. The zero-order chi connectivity index (χ0) is 12.1. The molecule has 16 heavy (non-hydrogen) atoms. The third-order valence-electron chi connectivity index (χ3n) is 2.15. The van der Waals surface area contributed by atoms with Gasteiger partial charge in [-0.2, -0.15) is 0 Å². The average molecular weight is 246 g/mol. The van der Waals surface area contributed by atoms with Gasteiger partial charge in [-0.15, -0.1) is 0 Å². The summed E-state index contributed by atoms with van der Waals surface area (Å²) >= 11 is 5.56. The first kappa shape index (κ1) is 12.9. The highest BCUT2D eigenvalue weighted by atomic mass is 35.5. The molecule has 0 fully saturated rings. The van der Waals surface area contributed by atoms with Crippen LogP contribution < -0.4 is 5.32 Å². The van der Waals surface area contributed by atoms with Gasteiger partial charge in [-0.05, 0) is 24.6 Å². The number of carbonyl (C=O) groups excluding carboxylic acids is 1. The van der Waals surface area contributed by atoms with Crippen LogP contribution in [0.25, 0.3) is 0 Å². The molecule has 0 radical (unpaired) electrons. The summed E-state index contributed by atoms with van der Waals surface area (Å²) in [5, 5.41) is 11.9. The number of rotatable bonds is 4. The van der Waals surface area contributed by atoms with Gasteiger partial charge >= 0.3 is 0 Å². The van der Waals surface area contributed by atoms with E-state index in [1.807, 2.05) is 0 Å². The van der Waals surface area contributed by atoms with E-state index in [1.165, 1.54) is 12.1 Å². The van der Waals surface area contributed by atoms with Crippen molar-refractivity contribution in [3.05, 3.63) is 34.6 Å². The van der Waals surface area contributed by atoms with Gasteiger partial charge in [-0.25, -0.2) is 4.39 Å². The van der Waals surface area contributed by atoms with Crippen LogP contribution in [0.3, 0.4) is 0 Å². The van der Waals surface area contributed by atoms with E-state index in [4.69, 9.17) is 11.6 Å². The van der Waals surface area contributed by atoms with E-state index >= 15 is 0 Å². The molecule has 0 aliphatic heterocycles. The first-order chi connectivity index (χ1) is 7.54. The van der Waals surface area contributed by atoms with E-state index in [0.717, 1.165) is 6.07 Å². The van der Waals surface area contributed by atoms with Crippen molar-refractivity contribution >= 4 is 17.5 Å². The van der Waals surface area contributed by atoms with Crippen molar-refractivity contribution in [1.29, 1.82) is 0 Å². The van der Waals surface area contributed by atoms with Crippen molar-refractivity contribution < 1.29 is 14.3 Å². The maximum atomic E-state index is 13.3. The molecule has 0 aliphatic carbocycles. The summed E-state index contributed by atoms with van der Waals surface area (Å²) in [5.41, 5.74) is -0.0762. The molecule has 0 bridgehead atoms. The van der Waals surface area contributed by atoms with Crippen molar-refractivity contribution in [3.63, 3.8) is 0 Å². The third kappa shape index (κ3) is 3.47. The van der Waals surface area contributed by atoms with Crippen LogP contribution in [0.15, 0.2) is 18.2 Å². The lowest BCUT2D eigenvalue weighted by Crippen LogP contribution is -2.32. The molecule has 5 heteroatoms. The van der Waals surface area contributed by atoms with Crippen LogP contribution in [-0.4, -0.2) is 23.7 Å². The molecule has 1 aromatic carbocycles. The van der Waals surface area contributed by atoms with Gasteiger partial charge < -0.3 is 10.4 Å². The van der Waals surface area contributed by atoms with E-state index in [1.54, 1.807) is 6.92 Å². The number of hydrogen-bond acceptors (Lipinski definition) is 2. The molecule has 1 aromatic rings. The number of aliphatic hydroxyl groups excluding tert-OH is 1. The van der Waals surface area contributed by atoms with Crippen LogP contribution >= 0.6 is 11.6 Å².